The maximum absolute atomic E-state index is 13.7. The first-order valence-corrected chi connectivity index (χ1v) is 8.05. The SMILES string of the molecule is NC(CCN(CC1CC1)CC1CC1)c1cccc(F)c1F. The Kier molecular flexibility index (Phi) is 4.55. The first-order valence-electron chi connectivity index (χ1n) is 8.05. The van der Waals surface area contributed by atoms with Crippen LogP contribution in [0.4, 0.5) is 8.78 Å². The van der Waals surface area contributed by atoms with Gasteiger partial charge in [-0.1, -0.05) is 12.1 Å². The fourth-order valence-corrected chi connectivity index (χ4v) is 2.87. The summed E-state index contributed by atoms with van der Waals surface area (Å²) in [6.07, 6.45) is 6.04. The van der Waals surface area contributed by atoms with Crippen LogP contribution in [-0.4, -0.2) is 24.5 Å². The summed E-state index contributed by atoms with van der Waals surface area (Å²) >= 11 is 0. The molecule has 1 aromatic rings. The van der Waals surface area contributed by atoms with E-state index in [9.17, 15) is 8.78 Å². The summed E-state index contributed by atoms with van der Waals surface area (Å²) in [7, 11) is 0. The van der Waals surface area contributed by atoms with Crippen LogP contribution in [-0.2, 0) is 0 Å². The Balaban J connectivity index is 1.54. The van der Waals surface area contributed by atoms with Crippen LogP contribution in [0.3, 0.4) is 0 Å². The molecule has 21 heavy (non-hydrogen) atoms. The minimum absolute atomic E-state index is 0.299. The van der Waals surface area contributed by atoms with Crippen LogP contribution in [0.25, 0.3) is 0 Å². The first kappa shape index (κ1) is 14.9. The van der Waals surface area contributed by atoms with Gasteiger partial charge in [-0.3, -0.25) is 0 Å². The Morgan fingerprint density at radius 1 is 1.10 bits per heavy atom. The van der Waals surface area contributed by atoms with Crippen molar-refractivity contribution in [3.8, 4) is 0 Å². The van der Waals surface area contributed by atoms with E-state index in [0.717, 1.165) is 37.5 Å². The Bertz CT molecular complexity index is 470. The summed E-state index contributed by atoms with van der Waals surface area (Å²) < 4.78 is 27.0. The van der Waals surface area contributed by atoms with Crippen molar-refractivity contribution in [3.05, 3.63) is 35.4 Å². The van der Waals surface area contributed by atoms with Crippen LogP contribution in [0.15, 0.2) is 18.2 Å². The van der Waals surface area contributed by atoms with E-state index in [1.54, 1.807) is 6.07 Å². The topological polar surface area (TPSA) is 29.3 Å². The molecule has 4 heteroatoms. The molecule has 1 aromatic carbocycles. The Morgan fingerprint density at radius 3 is 2.29 bits per heavy atom. The van der Waals surface area contributed by atoms with Gasteiger partial charge in [-0.05, 0) is 56.6 Å². The summed E-state index contributed by atoms with van der Waals surface area (Å²) in [4.78, 5) is 2.48. The number of hydrogen-bond donors (Lipinski definition) is 1. The van der Waals surface area contributed by atoms with Gasteiger partial charge in [0.15, 0.2) is 11.6 Å². The van der Waals surface area contributed by atoms with Crippen molar-refractivity contribution in [1.82, 2.24) is 4.90 Å². The number of hydrogen-bond acceptors (Lipinski definition) is 2. The highest BCUT2D eigenvalue weighted by atomic mass is 19.2. The van der Waals surface area contributed by atoms with E-state index in [4.69, 9.17) is 5.73 Å². The highest BCUT2D eigenvalue weighted by Gasteiger charge is 2.29. The molecule has 3 rings (SSSR count). The van der Waals surface area contributed by atoms with Gasteiger partial charge in [0, 0.05) is 24.7 Å². The van der Waals surface area contributed by atoms with Crippen molar-refractivity contribution < 1.29 is 8.78 Å². The summed E-state index contributed by atoms with van der Waals surface area (Å²) in [5.41, 5.74) is 6.37. The van der Waals surface area contributed by atoms with Crippen molar-refractivity contribution in [2.45, 2.75) is 38.1 Å². The lowest BCUT2D eigenvalue weighted by Crippen LogP contribution is -2.31. The van der Waals surface area contributed by atoms with Crippen LogP contribution in [0.1, 0.15) is 43.7 Å². The van der Waals surface area contributed by atoms with E-state index >= 15 is 0 Å². The molecule has 0 heterocycles. The van der Waals surface area contributed by atoms with Crippen LogP contribution in [0.2, 0.25) is 0 Å². The molecule has 116 valence electrons. The molecule has 2 N–H and O–H groups in total. The summed E-state index contributed by atoms with van der Waals surface area (Å²) in [5, 5.41) is 0. The number of nitrogens with two attached hydrogens (primary N) is 1. The predicted molar refractivity (Wildman–Crippen MR) is 79.8 cm³/mol. The van der Waals surface area contributed by atoms with E-state index in [0.29, 0.717) is 12.0 Å². The lowest BCUT2D eigenvalue weighted by Gasteiger charge is -2.24. The highest BCUT2D eigenvalue weighted by Crippen LogP contribution is 2.34. The van der Waals surface area contributed by atoms with Gasteiger partial charge in [0.25, 0.3) is 0 Å². The van der Waals surface area contributed by atoms with Crippen LogP contribution < -0.4 is 5.73 Å². The molecule has 2 aliphatic carbocycles. The molecule has 0 radical (unpaired) electrons. The molecule has 0 amide bonds. The van der Waals surface area contributed by atoms with Crippen LogP contribution in [0, 0.1) is 23.5 Å². The van der Waals surface area contributed by atoms with Gasteiger partial charge in [-0.25, -0.2) is 8.78 Å². The van der Waals surface area contributed by atoms with Gasteiger partial charge >= 0.3 is 0 Å². The standard InChI is InChI=1S/C17H24F2N2/c18-15-3-1-2-14(17(15)19)16(20)8-9-21(10-12-4-5-12)11-13-6-7-13/h1-3,12-13,16H,4-11,20H2. The number of halogens is 2. The molecular weight excluding hydrogens is 270 g/mol. The van der Waals surface area contributed by atoms with Crippen molar-refractivity contribution in [2.24, 2.45) is 17.6 Å². The lowest BCUT2D eigenvalue weighted by molar-refractivity contribution is 0.242. The monoisotopic (exact) mass is 294 g/mol. The Hall–Kier alpha value is -1.00. The van der Waals surface area contributed by atoms with Crippen molar-refractivity contribution in [3.63, 3.8) is 0 Å². The smallest absolute Gasteiger partial charge is 0.163 e. The summed E-state index contributed by atoms with van der Waals surface area (Å²) in [6, 6.07) is 3.83. The lowest BCUT2D eigenvalue weighted by atomic mass is 10.0. The van der Waals surface area contributed by atoms with E-state index in [1.807, 2.05) is 0 Å². The van der Waals surface area contributed by atoms with E-state index in [2.05, 4.69) is 4.90 Å². The summed E-state index contributed by atoms with van der Waals surface area (Å²) in [5.74, 6) is 0.105. The normalized spacial score (nSPS) is 20.0. The van der Waals surface area contributed by atoms with Crippen molar-refractivity contribution >= 4 is 0 Å². The first-order chi connectivity index (χ1) is 10.1. The second-order valence-corrected chi connectivity index (χ2v) is 6.68. The molecule has 2 nitrogen and oxygen atoms in total. The molecule has 0 aliphatic heterocycles. The predicted octanol–water partition coefficient (Wildman–Crippen LogP) is 3.48. The molecule has 0 aromatic heterocycles. The molecular formula is C17H24F2N2. The zero-order valence-electron chi connectivity index (χ0n) is 12.4. The quantitative estimate of drug-likeness (QED) is 0.795. The minimum Gasteiger partial charge on any atom is -0.324 e. The highest BCUT2D eigenvalue weighted by molar-refractivity contribution is 5.22. The van der Waals surface area contributed by atoms with E-state index < -0.39 is 17.7 Å². The number of rotatable bonds is 8. The van der Waals surface area contributed by atoms with Gasteiger partial charge in [0.2, 0.25) is 0 Å². The van der Waals surface area contributed by atoms with Crippen LogP contribution in [0.5, 0.6) is 0 Å². The fourth-order valence-electron chi connectivity index (χ4n) is 2.87. The third-order valence-corrected chi connectivity index (χ3v) is 4.56. The molecule has 0 spiro atoms. The van der Waals surface area contributed by atoms with Gasteiger partial charge in [0.1, 0.15) is 0 Å². The molecule has 0 saturated heterocycles. The third kappa shape index (κ3) is 4.24. The minimum atomic E-state index is -0.809. The zero-order chi connectivity index (χ0) is 14.8. The maximum Gasteiger partial charge on any atom is 0.163 e. The Labute approximate surface area is 125 Å². The van der Waals surface area contributed by atoms with Crippen molar-refractivity contribution in [2.75, 3.05) is 19.6 Å². The van der Waals surface area contributed by atoms with Gasteiger partial charge < -0.3 is 10.6 Å². The van der Waals surface area contributed by atoms with E-state index in [-0.39, 0.29) is 0 Å². The van der Waals surface area contributed by atoms with Gasteiger partial charge in [0.05, 0.1) is 0 Å². The van der Waals surface area contributed by atoms with Gasteiger partial charge in [-0.15, -0.1) is 0 Å². The second-order valence-electron chi connectivity index (χ2n) is 6.68. The summed E-state index contributed by atoms with van der Waals surface area (Å²) in [6.45, 7) is 3.17. The average Bonchev–Trinajstić information content (AvgIpc) is 3.35. The molecule has 1 unspecified atom stereocenters. The number of benzene rings is 1. The second kappa shape index (κ2) is 6.41. The molecule has 2 saturated carbocycles. The van der Waals surface area contributed by atoms with Crippen molar-refractivity contribution in [1.29, 1.82) is 0 Å². The maximum atomic E-state index is 13.7. The van der Waals surface area contributed by atoms with Gasteiger partial charge in [-0.2, -0.15) is 0 Å². The average molecular weight is 294 g/mol. The van der Waals surface area contributed by atoms with Crippen LogP contribution >= 0.6 is 0 Å². The largest absolute Gasteiger partial charge is 0.324 e. The molecule has 2 fully saturated rings. The fraction of sp³-hybridized carbons (Fsp3) is 0.647. The Morgan fingerprint density at radius 2 is 1.71 bits per heavy atom. The number of nitrogens with zero attached hydrogens (tertiary/aromatic N) is 1. The molecule has 0 bridgehead atoms. The van der Waals surface area contributed by atoms with E-state index in [1.165, 1.54) is 31.7 Å². The third-order valence-electron chi connectivity index (χ3n) is 4.56. The zero-order valence-corrected chi connectivity index (χ0v) is 12.4. The molecule has 2 aliphatic rings. The molecule has 1 atom stereocenters.